The predicted octanol–water partition coefficient (Wildman–Crippen LogP) is 5.33. The maximum absolute atomic E-state index is 10.2. The zero-order chi connectivity index (χ0) is 14.9. The minimum absolute atomic E-state index is 0.856. The van der Waals surface area contributed by atoms with Gasteiger partial charge in [0.1, 0.15) is 0 Å². The van der Waals surface area contributed by atoms with E-state index in [4.69, 9.17) is 5.11 Å². The molecule has 20 heavy (non-hydrogen) atoms. The first-order valence-electron chi connectivity index (χ1n) is 8.12. The lowest BCUT2D eigenvalue weighted by Crippen LogP contribution is -1.85. The van der Waals surface area contributed by atoms with Crippen LogP contribution in [-0.4, -0.2) is 11.1 Å². The molecule has 0 bridgehead atoms. The molecule has 0 aromatic rings. The summed E-state index contributed by atoms with van der Waals surface area (Å²) in [7, 11) is 0. The van der Waals surface area contributed by atoms with Crippen LogP contribution in [0.5, 0.6) is 0 Å². The molecule has 2 heteroatoms. The number of hydrogen-bond acceptors (Lipinski definition) is 1. The van der Waals surface area contributed by atoms with E-state index in [1.54, 1.807) is 6.08 Å². The molecule has 1 N–H and O–H groups in total. The second-order valence-electron chi connectivity index (χ2n) is 5.21. The van der Waals surface area contributed by atoms with Crippen molar-refractivity contribution in [2.75, 3.05) is 0 Å². The summed E-state index contributed by atoms with van der Waals surface area (Å²) in [4.78, 5) is 10.2. The smallest absolute Gasteiger partial charge is 0.327 e. The van der Waals surface area contributed by atoms with Gasteiger partial charge in [-0.1, -0.05) is 51.5 Å². The Morgan fingerprint density at radius 2 is 1.45 bits per heavy atom. The van der Waals surface area contributed by atoms with Gasteiger partial charge in [0.05, 0.1) is 0 Å². The van der Waals surface area contributed by atoms with E-state index < -0.39 is 5.97 Å². The summed E-state index contributed by atoms with van der Waals surface area (Å²) in [5.74, 6) is 5.63. The van der Waals surface area contributed by atoms with Crippen molar-refractivity contribution in [3.63, 3.8) is 0 Å². The molecule has 0 aliphatic carbocycles. The molecule has 0 saturated heterocycles. The molecule has 114 valence electrons. The Bertz CT molecular complexity index is 307. The van der Waals surface area contributed by atoms with Crippen molar-refractivity contribution in [3.8, 4) is 11.8 Å². The van der Waals surface area contributed by atoms with Gasteiger partial charge in [0.25, 0.3) is 0 Å². The number of carboxylic acid groups (broad SMARTS) is 1. The van der Waals surface area contributed by atoms with Gasteiger partial charge < -0.3 is 5.11 Å². The molecule has 0 amide bonds. The molecular formula is C18H30O2. The Balaban J connectivity index is 3.19. The second kappa shape index (κ2) is 15.8. The quantitative estimate of drug-likeness (QED) is 0.297. The van der Waals surface area contributed by atoms with E-state index in [-0.39, 0.29) is 0 Å². The Morgan fingerprint density at radius 3 is 2.05 bits per heavy atom. The van der Waals surface area contributed by atoms with Gasteiger partial charge in [-0.15, -0.1) is 11.8 Å². The van der Waals surface area contributed by atoms with Crippen LogP contribution < -0.4 is 0 Å². The lowest BCUT2D eigenvalue weighted by atomic mass is 10.1. The van der Waals surface area contributed by atoms with Gasteiger partial charge in [0, 0.05) is 18.9 Å². The van der Waals surface area contributed by atoms with Crippen molar-refractivity contribution in [3.05, 3.63) is 12.2 Å². The van der Waals surface area contributed by atoms with Crippen LogP contribution in [0.1, 0.15) is 84.0 Å². The van der Waals surface area contributed by atoms with Gasteiger partial charge in [-0.2, -0.15) is 0 Å². The largest absolute Gasteiger partial charge is 0.478 e. The van der Waals surface area contributed by atoms with Gasteiger partial charge in [-0.3, -0.25) is 0 Å². The third-order valence-electron chi connectivity index (χ3n) is 3.21. The molecule has 0 heterocycles. The van der Waals surface area contributed by atoms with Gasteiger partial charge in [-0.05, 0) is 25.7 Å². The molecule has 0 aromatic carbocycles. The highest BCUT2D eigenvalue weighted by Crippen LogP contribution is 2.06. The van der Waals surface area contributed by atoms with Gasteiger partial charge in [0.2, 0.25) is 0 Å². The minimum atomic E-state index is -0.856. The summed E-state index contributed by atoms with van der Waals surface area (Å²) in [5, 5.41) is 8.41. The molecule has 0 rings (SSSR count). The average Bonchev–Trinajstić information content (AvgIpc) is 2.43. The normalized spacial score (nSPS) is 10.4. The van der Waals surface area contributed by atoms with Crippen LogP contribution in [0.25, 0.3) is 0 Å². The van der Waals surface area contributed by atoms with Crippen molar-refractivity contribution < 1.29 is 9.90 Å². The zero-order valence-electron chi connectivity index (χ0n) is 13.0. The van der Waals surface area contributed by atoms with E-state index in [1.807, 2.05) is 0 Å². The zero-order valence-corrected chi connectivity index (χ0v) is 13.0. The van der Waals surface area contributed by atoms with E-state index in [2.05, 4.69) is 18.8 Å². The number of allylic oxidation sites excluding steroid dienone is 1. The van der Waals surface area contributed by atoms with Crippen LogP contribution in [0.4, 0.5) is 0 Å². The molecule has 0 aromatic heterocycles. The van der Waals surface area contributed by atoms with Crippen molar-refractivity contribution in [1.29, 1.82) is 0 Å². The maximum Gasteiger partial charge on any atom is 0.327 e. The van der Waals surface area contributed by atoms with Gasteiger partial charge in [-0.25, -0.2) is 4.79 Å². The van der Waals surface area contributed by atoms with Crippen LogP contribution in [-0.2, 0) is 4.79 Å². The molecule has 0 aliphatic heterocycles. The Hall–Kier alpha value is -1.23. The van der Waals surface area contributed by atoms with E-state index in [0.29, 0.717) is 0 Å². The first-order chi connectivity index (χ1) is 9.77. The molecule has 0 radical (unpaired) electrons. The summed E-state index contributed by atoms with van der Waals surface area (Å²) in [5.41, 5.74) is 0. The molecule has 0 unspecified atom stereocenters. The Labute approximate surface area is 124 Å². The van der Waals surface area contributed by atoms with Gasteiger partial charge >= 0.3 is 5.97 Å². The van der Waals surface area contributed by atoms with E-state index >= 15 is 0 Å². The molecular weight excluding hydrogens is 248 g/mol. The third kappa shape index (κ3) is 16.8. The van der Waals surface area contributed by atoms with Gasteiger partial charge in [0.15, 0.2) is 0 Å². The highest BCUT2D eigenvalue weighted by Gasteiger charge is 1.89. The standard InChI is InChI=1S/C18H30O2/c1-2-3-4-5-6-7-8-9-10-11-12-13-14-15-16-17-18(19)20/h16-17H,2-8,11-15H2,1H3,(H,19,20)/b17-16+. The van der Waals surface area contributed by atoms with Crippen LogP contribution in [0, 0.1) is 11.8 Å². The van der Waals surface area contributed by atoms with Crippen molar-refractivity contribution in [2.24, 2.45) is 0 Å². The monoisotopic (exact) mass is 278 g/mol. The summed E-state index contributed by atoms with van der Waals surface area (Å²) < 4.78 is 0. The second-order valence-corrected chi connectivity index (χ2v) is 5.21. The molecule has 0 aliphatic rings. The Kier molecular flexibility index (Phi) is 14.9. The number of carboxylic acids is 1. The fraction of sp³-hybridized carbons (Fsp3) is 0.722. The average molecular weight is 278 g/mol. The predicted molar refractivity (Wildman–Crippen MR) is 85.6 cm³/mol. The number of hydrogen-bond donors (Lipinski definition) is 1. The summed E-state index contributed by atoms with van der Waals surface area (Å²) in [6, 6.07) is 0. The molecule has 0 saturated carbocycles. The van der Waals surface area contributed by atoms with Crippen molar-refractivity contribution >= 4 is 5.97 Å². The lowest BCUT2D eigenvalue weighted by Gasteiger charge is -1.96. The van der Waals surface area contributed by atoms with Crippen molar-refractivity contribution in [2.45, 2.75) is 84.0 Å². The third-order valence-corrected chi connectivity index (χ3v) is 3.21. The van der Waals surface area contributed by atoms with E-state index in [1.165, 1.54) is 44.6 Å². The lowest BCUT2D eigenvalue weighted by molar-refractivity contribution is -0.131. The minimum Gasteiger partial charge on any atom is -0.478 e. The molecule has 0 spiro atoms. The number of carbonyl (C=O) groups is 1. The topological polar surface area (TPSA) is 37.3 Å². The number of aliphatic carboxylic acids is 1. The van der Waals surface area contributed by atoms with E-state index in [0.717, 1.165) is 38.5 Å². The highest BCUT2D eigenvalue weighted by molar-refractivity contribution is 5.79. The molecule has 2 nitrogen and oxygen atoms in total. The fourth-order valence-corrected chi connectivity index (χ4v) is 2.01. The molecule has 0 atom stereocenters. The summed E-state index contributed by atoms with van der Waals surface area (Å²) >= 11 is 0. The van der Waals surface area contributed by atoms with Crippen LogP contribution in [0.15, 0.2) is 12.2 Å². The van der Waals surface area contributed by atoms with E-state index in [9.17, 15) is 4.79 Å². The molecule has 0 fully saturated rings. The van der Waals surface area contributed by atoms with Crippen LogP contribution >= 0.6 is 0 Å². The van der Waals surface area contributed by atoms with Crippen LogP contribution in [0.3, 0.4) is 0 Å². The van der Waals surface area contributed by atoms with Crippen molar-refractivity contribution in [1.82, 2.24) is 0 Å². The Morgan fingerprint density at radius 1 is 0.900 bits per heavy atom. The SMILES string of the molecule is CCCCCCCCC#CCCCCC/C=C/C(=O)O. The maximum atomic E-state index is 10.2. The first kappa shape index (κ1) is 18.8. The fourth-order valence-electron chi connectivity index (χ4n) is 2.01. The number of rotatable bonds is 12. The summed E-state index contributed by atoms with van der Waals surface area (Å²) in [6.45, 7) is 2.24. The van der Waals surface area contributed by atoms with Crippen LogP contribution in [0.2, 0.25) is 0 Å². The summed E-state index contributed by atoms with van der Waals surface area (Å²) in [6.07, 6.45) is 17.2. The number of unbranched alkanes of at least 4 members (excludes halogenated alkanes) is 10. The first-order valence-corrected chi connectivity index (χ1v) is 8.12. The highest BCUT2D eigenvalue weighted by atomic mass is 16.4.